The van der Waals surface area contributed by atoms with E-state index in [2.05, 4.69) is 5.32 Å². The first kappa shape index (κ1) is 16.4. The number of carbonyl (C=O) groups is 1. The van der Waals surface area contributed by atoms with Gasteiger partial charge in [0.2, 0.25) is 0 Å². The Morgan fingerprint density at radius 3 is 2.45 bits per heavy atom. The lowest BCUT2D eigenvalue weighted by molar-refractivity contribution is -0.127. The van der Waals surface area contributed by atoms with Crippen molar-refractivity contribution < 1.29 is 9.53 Å². The van der Waals surface area contributed by atoms with Crippen LogP contribution in [0, 0.1) is 6.92 Å². The Morgan fingerprint density at radius 1 is 1.14 bits per heavy atom. The van der Waals surface area contributed by atoms with Crippen molar-refractivity contribution >= 4 is 17.5 Å². The first-order chi connectivity index (χ1) is 10.5. The van der Waals surface area contributed by atoms with Gasteiger partial charge in [0, 0.05) is 5.02 Å². The molecule has 0 bridgehead atoms. The average Bonchev–Trinajstić information content (AvgIpc) is 2.50. The summed E-state index contributed by atoms with van der Waals surface area (Å²) in [5.74, 6) is 0.519. The summed E-state index contributed by atoms with van der Waals surface area (Å²) in [6.07, 6.45) is -0.578. The van der Waals surface area contributed by atoms with E-state index in [-0.39, 0.29) is 11.9 Å². The van der Waals surface area contributed by atoms with Crippen LogP contribution in [-0.4, -0.2) is 12.0 Å². The molecule has 2 aromatic carbocycles. The molecule has 116 valence electrons. The van der Waals surface area contributed by atoms with E-state index in [1.165, 1.54) is 0 Å². The van der Waals surface area contributed by atoms with Gasteiger partial charge in [-0.1, -0.05) is 41.9 Å². The Morgan fingerprint density at radius 2 is 1.82 bits per heavy atom. The lowest BCUT2D eigenvalue weighted by Gasteiger charge is -2.20. The molecule has 0 radical (unpaired) electrons. The average molecular weight is 318 g/mol. The van der Waals surface area contributed by atoms with Gasteiger partial charge in [-0.25, -0.2) is 0 Å². The monoisotopic (exact) mass is 317 g/mol. The van der Waals surface area contributed by atoms with Crippen molar-refractivity contribution in [3.05, 3.63) is 64.7 Å². The lowest BCUT2D eigenvalue weighted by Crippen LogP contribution is -2.37. The summed E-state index contributed by atoms with van der Waals surface area (Å²) in [7, 11) is 0. The number of hydrogen-bond acceptors (Lipinski definition) is 2. The van der Waals surface area contributed by atoms with Gasteiger partial charge in [0.05, 0.1) is 6.04 Å². The molecule has 4 heteroatoms. The van der Waals surface area contributed by atoms with Crippen LogP contribution in [0.5, 0.6) is 5.75 Å². The van der Waals surface area contributed by atoms with Gasteiger partial charge >= 0.3 is 0 Å². The highest BCUT2D eigenvalue weighted by Gasteiger charge is 2.18. The predicted molar refractivity (Wildman–Crippen MR) is 89.3 cm³/mol. The Kier molecular flexibility index (Phi) is 5.45. The Labute approximate surface area is 136 Å². The van der Waals surface area contributed by atoms with Crippen LogP contribution in [0.15, 0.2) is 48.5 Å². The van der Waals surface area contributed by atoms with Crippen molar-refractivity contribution in [1.82, 2.24) is 5.32 Å². The molecule has 1 amide bonds. The maximum absolute atomic E-state index is 12.2. The second kappa shape index (κ2) is 7.32. The highest BCUT2D eigenvalue weighted by molar-refractivity contribution is 6.30. The summed E-state index contributed by atoms with van der Waals surface area (Å²) in [6, 6.07) is 15.1. The number of carbonyl (C=O) groups excluding carboxylic acids is 1. The molecule has 0 spiro atoms. The van der Waals surface area contributed by atoms with Crippen LogP contribution < -0.4 is 10.1 Å². The smallest absolute Gasteiger partial charge is 0.261 e. The molecule has 2 atom stereocenters. The molecule has 0 aromatic heterocycles. The molecule has 0 aliphatic carbocycles. The lowest BCUT2D eigenvalue weighted by atomic mass is 10.1. The van der Waals surface area contributed by atoms with Crippen LogP contribution in [0.3, 0.4) is 0 Å². The zero-order valence-electron chi connectivity index (χ0n) is 13.0. The van der Waals surface area contributed by atoms with E-state index in [4.69, 9.17) is 16.3 Å². The summed E-state index contributed by atoms with van der Waals surface area (Å²) in [6.45, 7) is 5.59. The van der Waals surface area contributed by atoms with Crippen molar-refractivity contribution in [3.63, 3.8) is 0 Å². The second-order valence-corrected chi connectivity index (χ2v) is 5.75. The maximum atomic E-state index is 12.2. The van der Waals surface area contributed by atoms with Gasteiger partial charge in [0.1, 0.15) is 5.75 Å². The minimum Gasteiger partial charge on any atom is -0.481 e. The van der Waals surface area contributed by atoms with Gasteiger partial charge in [0.15, 0.2) is 6.10 Å². The summed E-state index contributed by atoms with van der Waals surface area (Å²) < 4.78 is 5.73. The molecule has 1 N–H and O–H groups in total. The molecule has 3 nitrogen and oxygen atoms in total. The van der Waals surface area contributed by atoms with Gasteiger partial charge in [-0.2, -0.15) is 0 Å². The van der Waals surface area contributed by atoms with Gasteiger partial charge in [-0.15, -0.1) is 0 Å². The third kappa shape index (κ3) is 4.25. The van der Waals surface area contributed by atoms with Crippen molar-refractivity contribution in [2.45, 2.75) is 32.9 Å². The zero-order valence-corrected chi connectivity index (χ0v) is 13.7. The molecule has 0 saturated heterocycles. The summed E-state index contributed by atoms with van der Waals surface area (Å²) in [5, 5.41) is 3.61. The van der Waals surface area contributed by atoms with Crippen molar-refractivity contribution in [3.8, 4) is 5.75 Å². The topological polar surface area (TPSA) is 38.3 Å². The zero-order chi connectivity index (χ0) is 16.1. The normalized spacial score (nSPS) is 13.3. The first-order valence-electron chi connectivity index (χ1n) is 7.25. The van der Waals surface area contributed by atoms with Gasteiger partial charge in [-0.05, 0) is 50.1 Å². The number of benzene rings is 2. The van der Waals surface area contributed by atoms with E-state index >= 15 is 0 Å². The Balaban J connectivity index is 1.97. The van der Waals surface area contributed by atoms with E-state index in [0.29, 0.717) is 10.8 Å². The quantitative estimate of drug-likeness (QED) is 0.893. The Hall–Kier alpha value is -2.00. The van der Waals surface area contributed by atoms with Crippen LogP contribution >= 0.6 is 11.6 Å². The van der Waals surface area contributed by atoms with Crippen molar-refractivity contribution in [2.24, 2.45) is 0 Å². The molecule has 0 aliphatic rings. The molecule has 22 heavy (non-hydrogen) atoms. The van der Waals surface area contributed by atoms with Crippen LogP contribution in [0.2, 0.25) is 5.02 Å². The molecule has 0 fully saturated rings. The molecule has 2 rings (SSSR count). The summed E-state index contributed by atoms with van der Waals surface area (Å²) >= 11 is 5.92. The van der Waals surface area contributed by atoms with Crippen molar-refractivity contribution in [2.75, 3.05) is 0 Å². The molecular formula is C18H20ClNO2. The van der Waals surface area contributed by atoms with E-state index < -0.39 is 6.10 Å². The van der Waals surface area contributed by atoms with Crippen LogP contribution in [0.1, 0.15) is 31.0 Å². The number of nitrogens with one attached hydrogen (secondary N) is 1. The predicted octanol–water partition coefficient (Wildman–Crippen LogP) is 4.29. The SMILES string of the molecule is Cc1cc(Cl)ccc1O[C@H](C)C(=O)N[C@H](C)c1ccccc1. The first-order valence-corrected chi connectivity index (χ1v) is 7.63. The van der Waals surface area contributed by atoms with E-state index in [0.717, 1.165) is 11.1 Å². The highest BCUT2D eigenvalue weighted by Crippen LogP contribution is 2.23. The fourth-order valence-electron chi connectivity index (χ4n) is 2.14. The minimum atomic E-state index is -0.578. The van der Waals surface area contributed by atoms with Crippen LogP contribution in [-0.2, 0) is 4.79 Å². The highest BCUT2D eigenvalue weighted by atomic mass is 35.5. The van der Waals surface area contributed by atoms with Crippen LogP contribution in [0.4, 0.5) is 0 Å². The molecule has 2 aromatic rings. The molecule has 0 aliphatic heterocycles. The van der Waals surface area contributed by atoms with E-state index in [9.17, 15) is 4.79 Å². The summed E-state index contributed by atoms with van der Waals surface area (Å²) in [5.41, 5.74) is 1.97. The van der Waals surface area contributed by atoms with E-state index in [1.807, 2.05) is 50.2 Å². The fourth-order valence-corrected chi connectivity index (χ4v) is 2.37. The fraction of sp³-hybridized carbons (Fsp3) is 0.278. The third-order valence-corrected chi connectivity index (χ3v) is 3.70. The number of hydrogen-bond donors (Lipinski definition) is 1. The van der Waals surface area contributed by atoms with Gasteiger partial charge in [-0.3, -0.25) is 4.79 Å². The molecule has 0 saturated carbocycles. The number of aryl methyl sites for hydroxylation is 1. The summed E-state index contributed by atoms with van der Waals surface area (Å²) in [4.78, 5) is 12.2. The molecular weight excluding hydrogens is 298 g/mol. The molecule has 0 heterocycles. The Bertz CT molecular complexity index is 643. The van der Waals surface area contributed by atoms with Gasteiger partial charge in [0.25, 0.3) is 5.91 Å². The maximum Gasteiger partial charge on any atom is 0.261 e. The standard InChI is InChI=1S/C18H20ClNO2/c1-12-11-16(19)9-10-17(12)22-14(3)18(21)20-13(2)15-7-5-4-6-8-15/h4-11,13-14H,1-3H3,(H,20,21)/t13-,14-/m1/s1. The number of rotatable bonds is 5. The molecule has 0 unspecified atom stereocenters. The number of halogens is 1. The second-order valence-electron chi connectivity index (χ2n) is 5.31. The number of ether oxygens (including phenoxy) is 1. The van der Waals surface area contributed by atoms with Crippen LogP contribution in [0.25, 0.3) is 0 Å². The third-order valence-electron chi connectivity index (χ3n) is 3.47. The number of amides is 1. The van der Waals surface area contributed by atoms with Crippen molar-refractivity contribution in [1.29, 1.82) is 0 Å². The van der Waals surface area contributed by atoms with E-state index in [1.54, 1.807) is 19.1 Å². The largest absolute Gasteiger partial charge is 0.481 e. The minimum absolute atomic E-state index is 0.0638. The van der Waals surface area contributed by atoms with Gasteiger partial charge < -0.3 is 10.1 Å².